The van der Waals surface area contributed by atoms with Gasteiger partial charge >= 0.3 is 0 Å². The van der Waals surface area contributed by atoms with Crippen LogP contribution < -0.4 is 5.32 Å². The molecule has 0 saturated heterocycles. The maximum absolute atomic E-state index is 4.48. The lowest BCUT2D eigenvalue weighted by Crippen LogP contribution is -1.96. The normalized spacial score (nSPS) is 9.94. The van der Waals surface area contributed by atoms with E-state index in [1.54, 1.807) is 6.20 Å². The van der Waals surface area contributed by atoms with Crippen molar-refractivity contribution in [2.75, 3.05) is 11.6 Å². The van der Waals surface area contributed by atoms with Gasteiger partial charge in [0.2, 0.25) is 0 Å². The Kier molecular flexibility index (Phi) is 3.77. The Morgan fingerprint density at radius 3 is 2.65 bits per heavy atom. The molecule has 0 spiro atoms. The summed E-state index contributed by atoms with van der Waals surface area (Å²) in [5.41, 5.74) is 1.99. The van der Waals surface area contributed by atoms with Gasteiger partial charge in [0.05, 0.1) is 5.69 Å². The van der Waals surface area contributed by atoms with E-state index in [9.17, 15) is 0 Å². The molecule has 86 valence electrons. The van der Waals surface area contributed by atoms with Crippen LogP contribution in [0.15, 0.2) is 54.3 Å². The Morgan fingerprint density at radius 1 is 1.24 bits per heavy atom. The van der Waals surface area contributed by atoms with Crippen molar-refractivity contribution in [2.24, 2.45) is 0 Å². The maximum Gasteiger partial charge on any atom is 0.189 e. The van der Waals surface area contributed by atoms with E-state index in [0.717, 1.165) is 22.2 Å². The van der Waals surface area contributed by atoms with Crippen molar-refractivity contribution >= 4 is 17.6 Å². The number of aromatic nitrogens is 2. The monoisotopic (exact) mass is 243 g/mol. The Labute approximate surface area is 105 Å². The first-order valence-electron chi connectivity index (χ1n) is 5.19. The fourth-order valence-corrected chi connectivity index (χ4v) is 1.83. The summed E-state index contributed by atoms with van der Waals surface area (Å²) in [5.74, 6) is 0.762. The fraction of sp³-hybridized carbons (Fsp3) is 0.0769. The fourth-order valence-electron chi connectivity index (χ4n) is 1.45. The maximum atomic E-state index is 4.48. The molecule has 0 aliphatic rings. The van der Waals surface area contributed by atoms with Crippen molar-refractivity contribution < 1.29 is 0 Å². The van der Waals surface area contributed by atoms with Crippen molar-refractivity contribution in [3.8, 4) is 11.3 Å². The van der Waals surface area contributed by atoms with E-state index in [0.29, 0.717) is 0 Å². The minimum absolute atomic E-state index is 0.746. The summed E-state index contributed by atoms with van der Waals surface area (Å²) < 4.78 is 0. The molecule has 1 N–H and O–H groups in total. The van der Waals surface area contributed by atoms with Crippen LogP contribution >= 0.6 is 11.8 Å². The van der Waals surface area contributed by atoms with E-state index >= 15 is 0 Å². The zero-order valence-electron chi connectivity index (χ0n) is 9.55. The Morgan fingerprint density at radius 2 is 2.00 bits per heavy atom. The van der Waals surface area contributed by atoms with Crippen molar-refractivity contribution in [3.63, 3.8) is 0 Å². The van der Waals surface area contributed by atoms with Crippen LogP contribution in [0.25, 0.3) is 11.3 Å². The molecule has 0 atom stereocenters. The van der Waals surface area contributed by atoms with Gasteiger partial charge in [-0.1, -0.05) is 48.7 Å². The van der Waals surface area contributed by atoms with Gasteiger partial charge in [-0.15, -0.1) is 0 Å². The molecule has 17 heavy (non-hydrogen) atoms. The molecule has 0 bridgehead atoms. The first-order chi connectivity index (χ1) is 8.33. The number of hydrogen-bond donors (Lipinski definition) is 1. The predicted octanol–water partition coefficient (Wildman–Crippen LogP) is 3.42. The van der Waals surface area contributed by atoms with Crippen LogP contribution in [-0.2, 0) is 0 Å². The number of thioether (sulfide) groups is 1. The minimum atomic E-state index is 0.746. The van der Waals surface area contributed by atoms with Crippen LogP contribution in [0.4, 0.5) is 5.82 Å². The summed E-state index contributed by atoms with van der Waals surface area (Å²) in [6, 6.07) is 12.0. The molecular formula is C13H13N3S. The number of benzene rings is 1. The van der Waals surface area contributed by atoms with Crippen LogP contribution in [0.1, 0.15) is 0 Å². The van der Waals surface area contributed by atoms with E-state index < -0.39 is 0 Å². The van der Waals surface area contributed by atoms with E-state index in [1.807, 2.05) is 42.7 Å². The van der Waals surface area contributed by atoms with Gasteiger partial charge in [0.15, 0.2) is 5.16 Å². The van der Waals surface area contributed by atoms with E-state index in [-0.39, 0.29) is 0 Å². The van der Waals surface area contributed by atoms with Crippen molar-refractivity contribution in [3.05, 3.63) is 49.2 Å². The summed E-state index contributed by atoms with van der Waals surface area (Å²) in [6.45, 7) is 3.64. The van der Waals surface area contributed by atoms with Crippen LogP contribution in [0.2, 0.25) is 0 Å². The van der Waals surface area contributed by atoms with Gasteiger partial charge in [0, 0.05) is 11.6 Å². The molecule has 1 heterocycles. The topological polar surface area (TPSA) is 37.8 Å². The highest BCUT2D eigenvalue weighted by atomic mass is 32.2. The molecule has 2 rings (SSSR count). The number of nitrogens with one attached hydrogen (secondary N) is 1. The van der Waals surface area contributed by atoms with Crippen molar-refractivity contribution in [2.45, 2.75) is 5.16 Å². The third-order valence-corrected chi connectivity index (χ3v) is 2.76. The molecule has 0 fully saturated rings. The summed E-state index contributed by atoms with van der Waals surface area (Å²) in [6.07, 6.45) is 3.57. The van der Waals surface area contributed by atoms with Gasteiger partial charge in [-0.25, -0.2) is 9.97 Å². The lowest BCUT2D eigenvalue weighted by atomic mass is 10.1. The second kappa shape index (κ2) is 5.50. The van der Waals surface area contributed by atoms with Crippen LogP contribution in [-0.4, -0.2) is 16.2 Å². The average Bonchev–Trinajstić information content (AvgIpc) is 2.40. The number of rotatable bonds is 4. The van der Waals surface area contributed by atoms with Crippen molar-refractivity contribution in [1.82, 2.24) is 9.97 Å². The minimum Gasteiger partial charge on any atom is -0.347 e. The lowest BCUT2D eigenvalue weighted by Gasteiger charge is -2.06. The smallest absolute Gasteiger partial charge is 0.189 e. The third-order valence-electron chi connectivity index (χ3n) is 2.21. The quantitative estimate of drug-likeness (QED) is 0.659. The average molecular weight is 243 g/mol. The van der Waals surface area contributed by atoms with Gasteiger partial charge in [0.1, 0.15) is 5.82 Å². The molecule has 2 aromatic rings. The predicted molar refractivity (Wildman–Crippen MR) is 73.1 cm³/mol. The third kappa shape index (κ3) is 2.85. The molecule has 0 radical (unpaired) electrons. The standard InChI is InChI=1S/C13H13N3S/c1-3-14-12-9-11(15-13(16-12)17-2)10-7-5-4-6-8-10/h3-9H,1H2,2H3,(H,14,15,16). The second-order valence-corrected chi connectivity index (χ2v) is 4.11. The second-order valence-electron chi connectivity index (χ2n) is 3.34. The Balaban J connectivity index is 2.46. The summed E-state index contributed by atoms with van der Waals surface area (Å²) in [5, 5.41) is 3.74. The van der Waals surface area contributed by atoms with E-state index in [1.165, 1.54) is 11.8 Å². The van der Waals surface area contributed by atoms with Crippen LogP contribution in [0.5, 0.6) is 0 Å². The van der Waals surface area contributed by atoms with Gasteiger partial charge in [-0.2, -0.15) is 0 Å². The highest BCUT2D eigenvalue weighted by molar-refractivity contribution is 7.98. The van der Waals surface area contributed by atoms with Gasteiger partial charge in [-0.05, 0) is 12.5 Å². The lowest BCUT2D eigenvalue weighted by molar-refractivity contribution is 0.981. The zero-order chi connectivity index (χ0) is 12.1. The first kappa shape index (κ1) is 11.7. The summed E-state index contributed by atoms with van der Waals surface area (Å²) in [7, 11) is 0. The van der Waals surface area contributed by atoms with Crippen LogP contribution in [0.3, 0.4) is 0 Å². The molecule has 0 unspecified atom stereocenters. The van der Waals surface area contributed by atoms with E-state index in [2.05, 4.69) is 21.9 Å². The largest absolute Gasteiger partial charge is 0.347 e. The van der Waals surface area contributed by atoms with Gasteiger partial charge < -0.3 is 5.32 Å². The van der Waals surface area contributed by atoms with Gasteiger partial charge in [0.25, 0.3) is 0 Å². The number of hydrogen-bond acceptors (Lipinski definition) is 4. The zero-order valence-corrected chi connectivity index (χ0v) is 10.4. The van der Waals surface area contributed by atoms with Gasteiger partial charge in [-0.3, -0.25) is 0 Å². The summed E-state index contributed by atoms with van der Waals surface area (Å²) >= 11 is 1.52. The molecule has 1 aromatic heterocycles. The molecule has 3 nitrogen and oxygen atoms in total. The number of nitrogens with zero attached hydrogens (tertiary/aromatic N) is 2. The van der Waals surface area contributed by atoms with Crippen LogP contribution in [0, 0.1) is 0 Å². The first-order valence-corrected chi connectivity index (χ1v) is 6.42. The highest BCUT2D eigenvalue weighted by Crippen LogP contribution is 2.22. The Bertz CT molecular complexity index is 511. The molecule has 0 amide bonds. The van der Waals surface area contributed by atoms with Crippen molar-refractivity contribution in [1.29, 1.82) is 0 Å². The van der Waals surface area contributed by atoms with E-state index in [4.69, 9.17) is 0 Å². The molecule has 0 aliphatic carbocycles. The summed E-state index contributed by atoms with van der Waals surface area (Å²) in [4.78, 5) is 8.82. The molecule has 1 aromatic carbocycles. The molecule has 0 saturated carbocycles. The highest BCUT2D eigenvalue weighted by Gasteiger charge is 2.04. The number of anilines is 1. The molecule has 4 heteroatoms. The Hall–Kier alpha value is -1.81. The molecular weight excluding hydrogens is 230 g/mol. The molecule has 0 aliphatic heterocycles. The SMILES string of the molecule is C=CNc1cc(-c2ccccc2)nc(SC)n1.